The highest BCUT2D eigenvalue weighted by atomic mass is 16.5. The van der Waals surface area contributed by atoms with E-state index in [-0.39, 0.29) is 17.3 Å². The molecular formula is C10H18O2. The van der Waals surface area contributed by atoms with Crippen LogP contribution in [0.25, 0.3) is 0 Å². The quantitative estimate of drug-likeness (QED) is 0.595. The Morgan fingerprint density at radius 1 is 1.58 bits per heavy atom. The van der Waals surface area contributed by atoms with Gasteiger partial charge >= 0.3 is 5.97 Å². The zero-order valence-electron chi connectivity index (χ0n) is 8.22. The Labute approximate surface area is 74.3 Å². The fraction of sp³-hybridized carbons (Fsp3) is 0.900. The van der Waals surface area contributed by atoms with Gasteiger partial charge in [-0.15, -0.1) is 0 Å². The SMILES string of the molecule is CCCC1CC(C)(C)COC1=O. The fourth-order valence-electron chi connectivity index (χ4n) is 1.76. The molecule has 0 spiro atoms. The number of rotatable bonds is 2. The smallest absolute Gasteiger partial charge is 0.308 e. The van der Waals surface area contributed by atoms with Crippen LogP contribution in [0.15, 0.2) is 0 Å². The summed E-state index contributed by atoms with van der Waals surface area (Å²) >= 11 is 0. The lowest BCUT2D eigenvalue weighted by Crippen LogP contribution is -2.35. The lowest BCUT2D eigenvalue weighted by Gasteiger charge is -2.33. The maximum absolute atomic E-state index is 11.2. The lowest BCUT2D eigenvalue weighted by molar-refractivity contribution is -0.160. The van der Waals surface area contributed by atoms with Gasteiger partial charge in [0.2, 0.25) is 0 Å². The van der Waals surface area contributed by atoms with E-state index < -0.39 is 0 Å². The van der Waals surface area contributed by atoms with Gasteiger partial charge in [-0.05, 0) is 18.3 Å². The number of carbonyl (C=O) groups is 1. The molecule has 1 rings (SSSR count). The third-order valence-corrected chi connectivity index (χ3v) is 2.37. The largest absolute Gasteiger partial charge is 0.465 e. The first-order valence-corrected chi connectivity index (χ1v) is 4.72. The number of carbonyl (C=O) groups excluding carboxylic acids is 1. The van der Waals surface area contributed by atoms with Crippen molar-refractivity contribution in [1.82, 2.24) is 0 Å². The van der Waals surface area contributed by atoms with E-state index in [1.165, 1.54) is 0 Å². The first kappa shape index (κ1) is 9.56. The van der Waals surface area contributed by atoms with Crippen molar-refractivity contribution < 1.29 is 9.53 Å². The van der Waals surface area contributed by atoms with Crippen LogP contribution in [0.3, 0.4) is 0 Å². The molecule has 1 aliphatic rings. The van der Waals surface area contributed by atoms with Crippen LogP contribution in [0.2, 0.25) is 0 Å². The highest BCUT2D eigenvalue weighted by Gasteiger charge is 2.34. The van der Waals surface area contributed by atoms with E-state index in [0.29, 0.717) is 6.61 Å². The second-order valence-corrected chi connectivity index (χ2v) is 4.46. The van der Waals surface area contributed by atoms with Gasteiger partial charge in [0.05, 0.1) is 12.5 Å². The van der Waals surface area contributed by atoms with Gasteiger partial charge in [0.15, 0.2) is 0 Å². The topological polar surface area (TPSA) is 26.3 Å². The minimum atomic E-state index is 0.0103. The van der Waals surface area contributed by atoms with Crippen molar-refractivity contribution in [3.63, 3.8) is 0 Å². The maximum atomic E-state index is 11.2. The molecule has 0 aromatic heterocycles. The number of hydrogen-bond acceptors (Lipinski definition) is 2. The van der Waals surface area contributed by atoms with Crippen molar-refractivity contribution in [3.05, 3.63) is 0 Å². The maximum Gasteiger partial charge on any atom is 0.308 e. The number of esters is 1. The summed E-state index contributed by atoms with van der Waals surface area (Å²) in [6.45, 7) is 7.01. The molecule has 1 aliphatic heterocycles. The van der Waals surface area contributed by atoms with Gasteiger partial charge < -0.3 is 4.74 Å². The summed E-state index contributed by atoms with van der Waals surface area (Å²) in [5.74, 6) is 0.162. The van der Waals surface area contributed by atoms with Gasteiger partial charge in [-0.25, -0.2) is 0 Å². The molecule has 0 saturated carbocycles. The molecule has 12 heavy (non-hydrogen) atoms. The average molecular weight is 170 g/mol. The predicted molar refractivity (Wildman–Crippen MR) is 47.8 cm³/mol. The van der Waals surface area contributed by atoms with Crippen LogP contribution < -0.4 is 0 Å². The fourth-order valence-corrected chi connectivity index (χ4v) is 1.76. The first-order valence-electron chi connectivity index (χ1n) is 4.72. The molecule has 0 aromatic rings. The molecule has 2 heteroatoms. The molecule has 1 fully saturated rings. The van der Waals surface area contributed by atoms with Gasteiger partial charge in [0.25, 0.3) is 0 Å². The van der Waals surface area contributed by atoms with Gasteiger partial charge in [0, 0.05) is 0 Å². The molecule has 0 radical (unpaired) electrons. The van der Waals surface area contributed by atoms with Crippen LogP contribution in [0.4, 0.5) is 0 Å². The van der Waals surface area contributed by atoms with Gasteiger partial charge in [-0.2, -0.15) is 0 Å². The molecule has 1 unspecified atom stereocenters. The van der Waals surface area contributed by atoms with Crippen molar-refractivity contribution in [2.75, 3.05) is 6.61 Å². The summed E-state index contributed by atoms with van der Waals surface area (Å²) in [7, 11) is 0. The van der Waals surface area contributed by atoms with Crippen LogP contribution in [-0.4, -0.2) is 12.6 Å². The summed E-state index contributed by atoms with van der Waals surface area (Å²) in [5.41, 5.74) is 0.188. The summed E-state index contributed by atoms with van der Waals surface area (Å²) in [4.78, 5) is 11.2. The van der Waals surface area contributed by atoms with Crippen LogP contribution in [-0.2, 0) is 9.53 Å². The number of ether oxygens (including phenoxy) is 1. The van der Waals surface area contributed by atoms with Crippen LogP contribution >= 0.6 is 0 Å². The van der Waals surface area contributed by atoms with Crippen molar-refractivity contribution in [2.24, 2.45) is 11.3 Å². The molecule has 2 nitrogen and oxygen atoms in total. The summed E-state index contributed by atoms with van der Waals surface area (Å²) in [6, 6.07) is 0. The highest BCUT2D eigenvalue weighted by Crippen LogP contribution is 2.33. The van der Waals surface area contributed by atoms with Gasteiger partial charge in [-0.3, -0.25) is 4.79 Å². The van der Waals surface area contributed by atoms with E-state index >= 15 is 0 Å². The van der Waals surface area contributed by atoms with Crippen molar-refractivity contribution in [3.8, 4) is 0 Å². The molecular weight excluding hydrogens is 152 g/mol. The third-order valence-electron chi connectivity index (χ3n) is 2.37. The Bertz CT molecular complexity index is 173. The summed E-state index contributed by atoms with van der Waals surface area (Å²) < 4.78 is 5.12. The summed E-state index contributed by atoms with van der Waals surface area (Å²) in [5, 5.41) is 0. The average Bonchev–Trinajstić information content (AvgIpc) is 1.97. The van der Waals surface area contributed by atoms with Crippen LogP contribution in [0, 0.1) is 11.3 Å². The molecule has 1 heterocycles. The number of hydrogen-bond donors (Lipinski definition) is 0. The van der Waals surface area contributed by atoms with E-state index in [1.54, 1.807) is 0 Å². The summed E-state index contributed by atoms with van der Waals surface area (Å²) in [6.07, 6.45) is 3.03. The Kier molecular flexibility index (Phi) is 2.76. The lowest BCUT2D eigenvalue weighted by atomic mass is 9.80. The van der Waals surface area contributed by atoms with E-state index in [9.17, 15) is 4.79 Å². The minimum Gasteiger partial charge on any atom is -0.465 e. The molecule has 0 amide bonds. The van der Waals surface area contributed by atoms with Crippen LogP contribution in [0.1, 0.15) is 40.0 Å². The molecule has 1 atom stereocenters. The van der Waals surface area contributed by atoms with Crippen molar-refractivity contribution in [1.29, 1.82) is 0 Å². The Morgan fingerprint density at radius 3 is 2.83 bits per heavy atom. The molecule has 70 valence electrons. The van der Waals surface area contributed by atoms with Crippen molar-refractivity contribution >= 4 is 5.97 Å². The first-order chi connectivity index (χ1) is 5.55. The standard InChI is InChI=1S/C10H18O2/c1-4-5-8-6-10(2,3)7-12-9(8)11/h8H,4-7H2,1-3H3. The second kappa shape index (κ2) is 3.46. The van der Waals surface area contributed by atoms with Crippen LogP contribution in [0.5, 0.6) is 0 Å². The highest BCUT2D eigenvalue weighted by molar-refractivity contribution is 5.73. The predicted octanol–water partition coefficient (Wildman–Crippen LogP) is 2.38. The molecule has 0 bridgehead atoms. The minimum absolute atomic E-state index is 0.0103. The van der Waals surface area contributed by atoms with E-state index in [1.807, 2.05) is 0 Å². The Morgan fingerprint density at radius 2 is 2.25 bits per heavy atom. The van der Waals surface area contributed by atoms with Gasteiger partial charge in [-0.1, -0.05) is 27.2 Å². The number of cyclic esters (lactones) is 1. The second-order valence-electron chi connectivity index (χ2n) is 4.46. The Hall–Kier alpha value is -0.530. The van der Waals surface area contributed by atoms with E-state index in [4.69, 9.17) is 4.74 Å². The molecule has 1 saturated heterocycles. The zero-order chi connectivity index (χ0) is 9.19. The van der Waals surface area contributed by atoms with Crippen molar-refractivity contribution in [2.45, 2.75) is 40.0 Å². The van der Waals surface area contributed by atoms with E-state index in [0.717, 1.165) is 19.3 Å². The van der Waals surface area contributed by atoms with Gasteiger partial charge in [0.1, 0.15) is 0 Å². The zero-order valence-corrected chi connectivity index (χ0v) is 8.22. The Balaban J connectivity index is 2.53. The molecule has 0 aliphatic carbocycles. The normalized spacial score (nSPS) is 28.2. The molecule has 0 N–H and O–H groups in total. The molecule has 0 aromatic carbocycles. The van der Waals surface area contributed by atoms with E-state index in [2.05, 4.69) is 20.8 Å². The monoisotopic (exact) mass is 170 g/mol. The third kappa shape index (κ3) is 2.23.